The summed E-state index contributed by atoms with van der Waals surface area (Å²) in [7, 11) is 0. The topological polar surface area (TPSA) is 132 Å². The first-order valence-electron chi connectivity index (χ1n) is 11.2. The first kappa shape index (κ1) is 22.8. The van der Waals surface area contributed by atoms with Crippen LogP contribution < -0.4 is 16.2 Å². The Bertz CT molecular complexity index is 1730. The lowest BCUT2D eigenvalue weighted by atomic mass is 10.1. The minimum absolute atomic E-state index is 0.00888. The molecule has 1 aliphatic rings. The first-order valence-corrected chi connectivity index (χ1v) is 11.2. The number of anilines is 2. The lowest BCUT2D eigenvalue weighted by molar-refractivity contribution is -0.136. The number of H-pyrrole nitrogens is 1. The molecule has 1 unspecified atom stereocenters. The number of rotatable bonds is 3. The standard InChI is InChI=1S/C23H17F4N9O/c24-11-7-12(9-29-8-11)36-19(32-14-4-1-3-13(23(25,26)27)16(14)21(36)37)15-5-2-6-35(15)20-17-18(31-10-30-17)33-22(28)34-20/h1,3-4,7-10,15H,2,5-6H2,(H3,28,30,31,33,34). The average molecular weight is 511 g/mol. The highest BCUT2D eigenvalue weighted by Gasteiger charge is 2.37. The Morgan fingerprint density at radius 1 is 1.14 bits per heavy atom. The van der Waals surface area contributed by atoms with E-state index in [9.17, 15) is 22.4 Å². The number of hydrogen-bond acceptors (Lipinski definition) is 8. The predicted octanol–water partition coefficient (Wildman–Crippen LogP) is 3.53. The third kappa shape index (κ3) is 3.72. The van der Waals surface area contributed by atoms with Gasteiger partial charge in [0.2, 0.25) is 5.95 Å². The molecule has 6 rings (SSSR count). The highest BCUT2D eigenvalue weighted by molar-refractivity contribution is 5.85. The maximum Gasteiger partial charge on any atom is 0.417 e. The van der Waals surface area contributed by atoms with E-state index >= 15 is 0 Å². The van der Waals surface area contributed by atoms with Gasteiger partial charge in [-0.1, -0.05) is 6.07 Å². The lowest BCUT2D eigenvalue weighted by Crippen LogP contribution is -2.33. The molecule has 37 heavy (non-hydrogen) atoms. The molecule has 1 saturated heterocycles. The minimum atomic E-state index is -4.80. The smallest absolute Gasteiger partial charge is 0.368 e. The van der Waals surface area contributed by atoms with Crippen LogP contribution in [0.2, 0.25) is 0 Å². The van der Waals surface area contributed by atoms with E-state index < -0.39 is 34.5 Å². The number of nitrogen functional groups attached to an aromatic ring is 1. The Morgan fingerprint density at radius 3 is 2.76 bits per heavy atom. The Labute approximate surface area is 204 Å². The largest absolute Gasteiger partial charge is 0.417 e. The fraction of sp³-hybridized carbons (Fsp3) is 0.217. The third-order valence-electron chi connectivity index (χ3n) is 6.28. The van der Waals surface area contributed by atoms with E-state index in [1.54, 1.807) is 0 Å². The normalized spacial score (nSPS) is 16.2. The van der Waals surface area contributed by atoms with E-state index in [4.69, 9.17) is 5.73 Å². The maximum absolute atomic E-state index is 14.2. The second kappa shape index (κ2) is 8.21. The monoisotopic (exact) mass is 511 g/mol. The van der Waals surface area contributed by atoms with Gasteiger partial charge in [-0.05, 0) is 25.0 Å². The summed E-state index contributed by atoms with van der Waals surface area (Å²) in [6.07, 6.45) is -0.0961. The van der Waals surface area contributed by atoms with Gasteiger partial charge in [-0.2, -0.15) is 23.1 Å². The quantitative estimate of drug-likeness (QED) is 0.352. The van der Waals surface area contributed by atoms with Gasteiger partial charge in [-0.3, -0.25) is 14.3 Å². The van der Waals surface area contributed by atoms with Gasteiger partial charge in [0.1, 0.15) is 11.6 Å². The summed E-state index contributed by atoms with van der Waals surface area (Å²) in [6.45, 7) is 0.473. The summed E-state index contributed by atoms with van der Waals surface area (Å²) in [5.74, 6) is -0.272. The summed E-state index contributed by atoms with van der Waals surface area (Å²) in [5, 5.41) is -0.617. The van der Waals surface area contributed by atoms with Crippen LogP contribution in [0.4, 0.5) is 29.3 Å². The summed E-state index contributed by atoms with van der Waals surface area (Å²) < 4.78 is 56.7. The van der Waals surface area contributed by atoms with Crippen molar-refractivity contribution in [3.8, 4) is 5.69 Å². The van der Waals surface area contributed by atoms with Crippen molar-refractivity contribution in [3.63, 3.8) is 0 Å². The number of fused-ring (bicyclic) bond motifs is 2. The van der Waals surface area contributed by atoms with E-state index in [1.165, 1.54) is 24.7 Å². The van der Waals surface area contributed by atoms with E-state index in [0.29, 0.717) is 36.4 Å². The van der Waals surface area contributed by atoms with Gasteiger partial charge in [-0.15, -0.1) is 0 Å². The fourth-order valence-corrected chi connectivity index (χ4v) is 4.81. The highest BCUT2D eigenvalue weighted by atomic mass is 19.4. The number of pyridine rings is 1. The number of benzene rings is 1. The Morgan fingerprint density at radius 2 is 1.97 bits per heavy atom. The van der Waals surface area contributed by atoms with Crippen LogP contribution >= 0.6 is 0 Å². The number of nitrogens with zero attached hydrogens (tertiary/aromatic N) is 7. The number of aromatic nitrogens is 7. The van der Waals surface area contributed by atoms with E-state index in [2.05, 4.69) is 29.9 Å². The molecule has 1 aliphatic heterocycles. The van der Waals surface area contributed by atoms with Crippen LogP contribution in [0.1, 0.15) is 30.3 Å². The minimum Gasteiger partial charge on any atom is -0.368 e. The molecule has 0 amide bonds. The van der Waals surface area contributed by atoms with Gasteiger partial charge in [0, 0.05) is 12.6 Å². The zero-order valence-electron chi connectivity index (χ0n) is 18.9. The summed E-state index contributed by atoms with van der Waals surface area (Å²) >= 11 is 0. The highest BCUT2D eigenvalue weighted by Crippen LogP contribution is 2.39. The number of alkyl halides is 3. The van der Waals surface area contributed by atoms with Crippen molar-refractivity contribution in [2.45, 2.75) is 25.1 Å². The molecule has 0 spiro atoms. The number of aromatic amines is 1. The van der Waals surface area contributed by atoms with Crippen molar-refractivity contribution in [1.29, 1.82) is 0 Å². The SMILES string of the molecule is Nc1nc(N2CCCC2c2nc3cccc(C(F)(F)F)c3c(=O)n2-c2cncc(F)c2)c2nc[nH]c2n1. The molecular weight excluding hydrogens is 494 g/mol. The van der Waals surface area contributed by atoms with Crippen LogP contribution in [0, 0.1) is 5.82 Å². The fourth-order valence-electron chi connectivity index (χ4n) is 4.81. The second-order valence-corrected chi connectivity index (χ2v) is 8.53. The molecule has 4 aromatic heterocycles. The van der Waals surface area contributed by atoms with Gasteiger partial charge < -0.3 is 15.6 Å². The molecule has 188 valence electrons. The van der Waals surface area contributed by atoms with Gasteiger partial charge in [-0.25, -0.2) is 14.4 Å². The molecular formula is C23H17F4N9O. The van der Waals surface area contributed by atoms with Crippen LogP contribution in [-0.4, -0.2) is 41.0 Å². The van der Waals surface area contributed by atoms with Crippen LogP contribution in [0.5, 0.6) is 0 Å². The Balaban J connectivity index is 1.64. The van der Waals surface area contributed by atoms with E-state index in [1.807, 2.05) is 4.90 Å². The molecule has 0 saturated carbocycles. The molecule has 3 N–H and O–H groups in total. The maximum atomic E-state index is 14.2. The zero-order chi connectivity index (χ0) is 25.9. The molecule has 0 radical (unpaired) electrons. The van der Waals surface area contributed by atoms with Crippen molar-refractivity contribution < 1.29 is 17.6 Å². The van der Waals surface area contributed by atoms with E-state index in [0.717, 1.165) is 22.9 Å². The first-order chi connectivity index (χ1) is 17.7. The summed E-state index contributed by atoms with van der Waals surface area (Å²) in [5.41, 5.74) is 4.45. The van der Waals surface area contributed by atoms with Crippen molar-refractivity contribution in [2.75, 3.05) is 17.2 Å². The van der Waals surface area contributed by atoms with Crippen LogP contribution in [0.15, 0.2) is 47.8 Å². The molecule has 1 aromatic carbocycles. The van der Waals surface area contributed by atoms with Gasteiger partial charge in [0.15, 0.2) is 17.0 Å². The average Bonchev–Trinajstić information content (AvgIpc) is 3.52. The Kier molecular flexibility index (Phi) is 5.07. The van der Waals surface area contributed by atoms with Crippen molar-refractivity contribution in [3.05, 3.63) is 70.5 Å². The second-order valence-electron chi connectivity index (χ2n) is 8.53. The predicted molar refractivity (Wildman–Crippen MR) is 126 cm³/mol. The Hall–Kier alpha value is -4.62. The zero-order valence-corrected chi connectivity index (χ0v) is 18.9. The number of halogens is 4. The van der Waals surface area contributed by atoms with Gasteiger partial charge >= 0.3 is 6.18 Å². The summed E-state index contributed by atoms with van der Waals surface area (Å²) in [6, 6.07) is 3.76. The molecule has 5 heterocycles. The number of nitrogens with two attached hydrogens (primary N) is 1. The lowest BCUT2D eigenvalue weighted by Gasteiger charge is -2.28. The molecule has 14 heteroatoms. The van der Waals surface area contributed by atoms with Crippen molar-refractivity contribution >= 4 is 33.8 Å². The van der Waals surface area contributed by atoms with Crippen molar-refractivity contribution in [1.82, 2.24) is 34.5 Å². The molecule has 1 atom stereocenters. The summed E-state index contributed by atoms with van der Waals surface area (Å²) in [4.78, 5) is 39.5. The molecule has 1 fully saturated rings. The van der Waals surface area contributed by atoms with Gasteiger partial charge in [0.25, 0.3) is 5.56 Å². The molecule has 10 nitrogen and oxygen atoms in total. The molecule has 0 bridgehead atoms. The van der Waals surface area contributed by atoms with Crippen LogP contribution in [0.3, 0.4) is 0 Å². The van der Waals surface area contributed by atoms with E-state index in [-0.39, 0.29) is 23.0 Å². The molecule has 5 aromatic rings. The van der Waals surface area contributed by atoms with Crippen LogP contribution in [-0.2, 0) is 6.18 Å². The number of imidazole rings is 1. The number of hydrogen-bond donors (Lipinski definition) is 2. The number of nitrogens with one attached hydrogen (secondary N) is 1. The molecule has 0 aliphatic carbocycles. The van der Waals surface area contributed by atoms with Crippen molar-refractivity contribution in [2.24, 2.45) is 0 Å². The van der Waals surface area contributed by atoms with Gasteiger partial charge in [0.05, 0.1) is 46.9 Å². The van der Waals surface area contributed by atoms with Crippen LogP contribution in [0.25, 0.3) is 27.8 Å². The third-order valence-corrected chi connectivity index (χ3v) is 6.28.